The lowest BCUT2D eigenvalue weighted by atomic mass is 10.1. The maximum Gasteiger partial charge on any atom is 0.119 e. The standard InChI is InChI=1S/C19H22N2O2S/c1-23-17-7-2-5-15(11-17)19(22)13-20-12-16-6-3-9-21(16)14-18-8-4-10-24-18/h2-11,19-20,22H,12-14H2,1H3. The summed E-state index contributed by atoms with van der Waals surface area (Å²) in [5.74, 6) is 0.761. The Hall–Kier alpha value is -2.08. The third kappa shape index (κ3) is 4.26. The van der Waals surface area contributed by atoms with Crippen molar-refractivity contribution in [1.82, 2.24) is 9.88 Å². The highest BCUT2D eigenvalue weighted by Gasteiger charge is 2.09. The fraction of sp³-hybridized carbons (Fsp3) is 0.263. The maximum atomic E-state index is 10.3. The summed E-state index contributed by atoms with van der Waals surface area (Å²) in [6.07, 6.45) is 1.54. The lowest BCUT2D eigenvalue weighted by Gasteiger charge is -2.14. The topological polar surface area (TPSA) is 46.4 Å². The SMILES string of the molecule is COc1cccc(C(O)CNCc2cccn2Cc2cccs2)c1. The van der Waals surface area contributed by atoms with Gasteiger partial charge in [0, 0.05) is 29.9 Å². The van der Waals surface area contributed by atoms with Gasteiger partial charge in [-0.05, 0) is 41.3 Å². The van der Waals surface area contributed by atoms with Crippen LogP contribution in [0.4, 0.5) is 0 Å². The highest BCUT2D eigenvalue weighted by Crippen LogP contribution is 2.19. The molecular formula is C19H22N2O2S. The van der Waals surface area contributed by atoms with E-state index in [2.05, 4.69) is 45.7 Å². The molecule has 0 aliphatic rings. The third-order valence-electron chi connectivity index (χ3n) is 3.95. The van der Waals surface area contributed by atoms with E-state index < -0.39 is 6.10 Å². The molecule has 0 aliphatic carbocycles. The smallest absolute Gasteiger partial charge is 0.119 e. The summed E-state index contributed by atoms with van der Waals surface area (Å²) in [5.41, 5.74) is 2.07. The summed E-state index contributed by atoms with van der Waals surface area (Å²) in [7, 11) is 1.63. The molecular weight excluding hydrogens is 320 g/mol. The molecule has 24 heavy (non-hydrogen) atoms. The van der Waals surface area contributed by atoms with E-state index in [1.807, 2.05) is 24.3 Å². The van der Waals surface area contributed by atoms with Gasteiger partial charge in [0.25, 0.3) is 0 Å². The van der Waals surface area contributed by atoms with Gasteiger partial charge >= 0.3 is 0 Å². The van der Waals surface area contributed by atoms with Crippen molar-refractivity contribution < 1.29 is 9.84 Å². The number of aliphatic hydroxyl groups excluding tert-OH is 1. The predicted molar refractivity (Wildman–Crippen MR) is 97.5 cm³/mol. The Morgan fingerprint density at radius 2 is 2.12 bits per heavy atom. The Balaban J connectivity index is 1.54. The van der Waals surface area contributed by atoms with Gasteiger partial charge in [0.2, 0.25) is 0 Å². The van der Waals surface area contributed by atoms with Crippen LogP contribution < -0.4 is 10.1 Å². The fourth-order valence-electron chi connectivity index (χ4n) is 2.64. The second-order valence-corrected chi connectivity index (χ2v) is 6.66. The van der Waals surface area contributed by atoms with Crippen LogP contribution in [0.3, 0.4) is 0 Å². The minimum atomic E-state index is -0.555. The Morgan fingerprint density at radius 3 is 2.92 bits per heavy atom. The third-order valence-corrected chi connectivity index (χ3v) is 4.81. The lowest BCUT2D eigenvalue weighted by molar-refractivity contribution is 0.173. The molecule has 5 heteroatoms. The number of thiophene rings is 1. The normalized spacial score (nSPS) is 12.2. The molecule has 1 unspecified atom stereocenters. The molecule has 1 aromatic carbocycles. The molecule has 3 aromatic rings. The first kappa shape index (κ1) is 16.8. The number of benzene rings is 1. The molecule has 2 N–H and O–H groups in total. The number of ether oxygens (including phenoxy) is 1. The number of rotatable bonds is 8. The fourth-order valence-corrected chi connectivity index (χ4v) is 3.34. The van der Waals surface area contributed by atoms with Gasteiger partial charge in [0.1, 0.15) is 5.75 Å². The molecule has 0 fully saturated rings. The van der Waals surface area contributed by atoms with Gasteiger partial charge in [-0.25, -0.2) is 0 Å². The summed E-state index contributed by atoms with van der Waals surface area (Å²) in [6.45, 7) is 2.11. The van der Waals surface area contributed by atoms with Gasteiger partial charge in [-0.1, -0.05) is 18.2 Å². The van der Waals surface area contributed by atoms with Crippen LogP contribution in [0.25, 0.3) is 0 Å². The first-order chi connectivity index (χ1) is 11.8. The Labute approximate surface area is 146 Å². The van der Waals surface area contributed by atoms with Crippen LogP contribution in [0.5, 0.6) is 5.75 Å². The molecule has 0 aliphatic heterocycles. The van der Waals surface area contributed by atoms with E-state index in [0.717, 1.165) is 24.4 Å². The summed E-state index contributed by atoms with van der Waals surface area (Å²) in [5, 5.41) is 15.8. The van der Waals surface area contributed by atoms with E-state index in [4.69, 9.17) is 4.74 Å². The minimum absolute atomic E-state index is 0.497. The van der Waals surface area contributed by atoms with Gasteiger partial charge < -0.3 is 19.7 Å². The highest BCUT2D eigenvalue weighted by molar-refractivity contribution is 7.09. The summed E-state index contributed by atoms with van der Waals surface area (Å²) in [6, 6.07) is 15.9. The van der Waals surface area contributed by atoms with E-state index in [0.29, 0.717) is 6.54 Å². The summed E-state index contributed by atoms with van der Waals surface area (Å²) < 4.78 is 7.43. The van der Waals surface area contributed by atoms with Gasteiger partial charge in [-0.2, -0.15) is 0 Å². The van der Waals surface area contributed by atoms with Gasteiger partial charge in [-0.15, -0.1) is 11.3 Å². The summed E-state index contributed by atoms with van der Waals surface area (Å²) >= 11 is 1.77. The van der Waals surface area contributed by atoms with Crippen molar-refractivity contribution in [2.75, 3.05) is 13.7 Å². The second kappa shape index (κ2) is 8.15. The molecule has 1 atom stereocenters. The van der Waals surface area contributed by atoms with Gasteiger partial charge in [0.05, 0.1) is 19.8 Å². The molecule has 0 spiro atoms. The van der Waals surface area contributed by atoms with Gasteiger partial charge in [0.15, 0.2) is 0 Å². The first-order valence-corrected chi connectivity index (χ1v) is 8.83. The van der Waals surface area contributed by atoms with E-state index in [1.54, 1.807) is 18.4 Å². The Bertz CT molecular complexity index is 752. The number of aliphatic hydroxyl groups is 1. The number of methoxy groups -OCH3 is 1. The predicted octanol–water partition coefficient (Wildman–Crippen LogP) is 3.43. The van der Waals surface area contributed by atoms with Crippen molar-refractivity contribution >= 4 is 11.3 Å². The average Bonchev–Trinajstić information content (AvgIpc) is 3.28. The zero-order chi connectivity index (χ0) is 16.8. The molecule has 0 saturated carbocycles. The molecule has 2 heterocycles. The van der Waals surface area contributed by atoms with Crippen LogP contribution in [0, 0.1) is 0 Å². The van der Waals surface area contributed by atoms with Crippen molar-refractivity contribution in [1.29, 1.82) is 0 Å². The number of aromatic nitrogens is 1. The Kier molecular flexibility index (Phi) is 5.69. The van der Waals surface area contributed by atoms with Crippen molar-refractivity contribution in [3.8, 4) is 5.75 Å². The number of hydrogen-bond acceptors (Lipinski definition) is 4. The zero-order valence-corrected chi connectivity index (χ0v) is 14.5. The number of nitrogens with zero attached hydrogens (tertiary/aromatic N) is 1. The second-order valence-electron chi connectivity index (χ2n) is 5.63. The lowest BCUT2D eigenvalue weighted by Crippen LogP contribution is -2.22. The zero-order valence-electron chi connectivity index (χ0n) is 13.7. The number of nitrogens with one attached hydrogen (secondary N) is 1. The Morgan fingerprint density at radius 1 is 1.21 bits per heavy atom. The van der Waals surface area contributed by atoms with Crippen molar-refractivity contribution in [3.05, 3.63) is 76.2 Å². The largest absolute Gasteiger partial charge is 0.497 e. The van der Waals surface area contributed by atoms with Crippen LogP contribution in [-0.4, -0.2) is 23.3 Å². The van der Waals surface area contributed by atoms with Crippen LogP contribution in [0.1, 0.15) is 22.2 Å². The molecule has 126 valence electrons. The van der Waals surface area contributed by atoms with Crippen molar-refractivity contribution in [2.45, 2.75) is 19.2 Å². The maximum absolute atomic E-state index is 10.3. The monoisotopic (exact) mass is 342 g/mol. The minimum Gasteiger partial charge on any atom is -0.497 e. The first-order valence-electron chi connectivity index (χ1n) is 7.95. The highest BCUT2D eigenvalue weighted by atomic mass is 32.1. The van der Waals surface area contributed by atoms with Crippen molar-refractivity contribution in [3.63, 3.8) is 0 Å². The van der Waals surface area contributed by atoms with Crippen LogP contribution in [0.15, 0.2) is 60.1 Å². The van der Waals surface area contributed by atoms with Crippen LogP contribution >= 0.6 is 11.3 Å². The van der Waals surface area contributed by atoms with Gasteiger partial charge in [-0.3, -0.25) is 0 Å². The van der Waals surface area contributed by atoms with E-state index in [-0.39, 0.29) is 0 Å². The average molecular weight is 342 g/mol. The van der Waals surface area contributed by atoms with Crippen LogP contribution in [-0.2, 0) is 13.1 Å². The molecule has 4 nitrogen and oxygen atoms in total. The molecule has 0 radical (unpaired) electrons. The molecule has 0 amide bonds. The molecule has 0 saturated heterocycles. The van der Waals surface area contributed by atoms with Crippen LogP contribution in [0.2, 0.25) is 0 Å². The summed E-state index contributed by atoms with van der Waals surface area (Å²) in [4.78, 5) is 1.34. The van der Waals surface area contributed by atoms with E-state index in [1.165, 1.54) is 10.6 Å². The number of hydrogen-bond donors (Lipinski definition) is 2. The quantitative estimate of drug-likeness (QED) is 0.659. The van der Waals surface area contributed by atoms with E-state index >= 15 is 0 Å². The molecule has 0 bridgehead atoms. The molecule has 2 aromatic heterocycles. The van der Waals surface area contributed by atoms with Crippen molar-refractivity contribution in [2.24, 2.45) is 0 Å². The molecule has 3 rings (SSSR count). The van der Waals surface area contributed by atoms with E-state index in [9.17, 15) is 5.11 Å².